The van der Waals surface area contributed by atoms with Crippen molar-refractivity contribution in [3.8, 4) is 0 Å². The molecule has 1 atom stereocenters. The van der Waals surface area contributed by atoms with Crippen LogP contribution in [0.1, 0.15) is 38.8 Å². The lowest BCUT2D eigenvalue weighted by Crippen LogP contribution is -2.35. The summed E-state index contributed by atoms with van der Waals surface area (Å²) in [4.78, 5) is 25.6. The highest BCUT2D eigenvalue weighted by Gasteiger charge is 2.18. The van der Waals surface area contributed by atoms with Gasteiger partial charge in [0.2, 0.25) is 0 Å². The number of nitrogens with one attached hydrogen (secondary N) is 3. The lowest BCUT2D eigenvalue weighted by atomic mass is 9.98. The summed E-state index contributed by atoms with van der Waals surface area (Å²) in [6, 6.07) is 14.0. The number of hydrogen-bond donors (Lipinski definition) is 3. The van der Waals surface area contributed by atoms with Crippen LogP contribution in [0.5, 0.6) is 0 Å². The Morgan fingerprint density at radius 1 is 1.00 bits per heavy atom. The van der Waals surface area contributed by atoms with Gasteiger partial charge in [-0.05, 0) is 49.1 Å². The summed E-state index contributed by atoms with van der Waals surface area (Å²) < 4.78 is 0. The van der Waals surface area contributed by atoms with Crippen molar-refractivity contribution >= 4 is 44.4 Å². The van der Waals surface area contributed by atoms with E-state index in [2.05, 4.69) is 52.5 Å². The molecule has 0 radical (unpaired) electrons. The van der Waals surface area contributed by atoms with Crippen LogP contribution in [0, 0.1) is 0 Å². The number of rotatable bonds is 12. The van der Waals surface area contributed by atoms with Crippen LogP contribution >= 0.6 is 0 Å². The first kappa shape index (κ1) is 27.7. The smallest absolute Gasteiger partial charge is 0.267 e. The normalized spacial score (nSPS) is 13.1. The Hall–Kier alpha value is -3.51. The predicted octanol–water partition coefficient (Wildman–Crippen LogP) is 4.52. The Bertz CT molecular complexity index is 1220. The Labute approximate surface area is 211 Å². The third kappa shape index (κ3) is 8.34. The summed E-state index contributed by atoms with van der Waals surface area (Å²) in [7, 11) is -0.233. The van der Waals surface area contributed by atoms with Gasteiger partial charge >= 0.3 is 0 Å². The van der Waals surface area contributed by atoms with Gasteiger partial charge < -0.3 is 26.0 Å². The van der Waals surface area contributed by atoms with Gasteiger partial charge in [-0.1, -0.05) is 61.2 Å². The van der Waals surface area contributed by atoms with Crippen LogP contribution in [0.15, 0.2) is 89.5 Å². The maximum Gasteiger partial charge on any atom is 0.267 e. The van der Waals surface area contributed by atoms with Crippen molar-refractivity contribution in [3.05, 3.63) is 95.1 Å². The first-order valence-electron chi connectivity index (χ1n) is 11.6. The lowest BCUT2D eigenvalue weighted by Gasteiger charge is -2.19. The van der Waals surface area contributed by atoms with Gasteiger partial charge in [-0.2, -0.15) is 5.41 Å². The van der Waals surface area contributed by atoms with E-state index >= 15 is 0 Å². The second-order valence-corrected chi connectivity index (χ2v) is 9.41. The number of amides is 2. The monoisotopic (exact) mass is 490 g/mol. The van der Waals surface area contributed by atoms with Crippen molar-refractivity contribution in [2.24, 2.45) is 0 Å². The van der Waals surface area contributed by atoms with E-state index in [0.717, 1.165) is 28.3 Å². The highest BCUT2D eigenvalue weighted by atomic mass is 32.2. The minimum atomic E-state index is -0.303. The predicted molar refractivity (Wildman–Crippen MR) is 154 cm³/mol. The molecule has 0 fully saturated rings. The molecule has 5 nitrogen and oxygen atoms in total. The molecule has 0 heterocycles. The molecule has 0 spiro atoms. The highest BCUT2D eigenvalue weighted by molar-refractivity contribution is 7.94. The number of fused-ring (bicyclic) bond motifs is 1. The number of carbonyl (C=O) groups is 2. The van der Waals surface area contributed by atoms with E-state index in [1.54, 1.807) is 6.08 Å². The molecule has 0 saturated carbocycles. The fourth-order valence-electron chi connectivity index (χ4n) is 3.67. The van der Waals surface area contributed by atoms with Crippen molar-refractivity contribution in [3.63, 3.8) is 0 Å². The number of benzene rings is 2. The Morgan fingerprint density at radius 3 is 2.40 bits per heavy atom. The second kappa shape index (κ2) is 14.0. The molecule has 0 aliphatic carbocycles. The molecule has 1 unspecified atom stereocenters. The molecular weight excluding hydrogens is 454 g/mol. The SMILES string of the molecule is C=C(NCC/C=C/[S-](=C)=C)C(=O)NCC(=C/C)/C(=C\C)C(=O)NC(C)c1cccc2ccccc12. The van der Waals surface area contributed by atoms with Gasteiger partial charge in [-0.3, -0.25) is 9.59 Å². The van der Waals surface area contributed by atoms with E-state index < -0.39 is 0 Å². The van der Waals surface area contributed by atoms with Gasteiger partial charge in [0.05, 0.1) is 11.7 Å². The van der Waals surface area contributed by atoms with Gasteiger partial charge in [0.1, 0.15) is 0 Å². The van der Waals surface area contributed by atoms with E-state index in [-0.39, 0.29) is 40.2 Å². The minimum absolute atomic E-state index is 0.183. The molecule has 2 aromatic rings. The molecule has 0 aliphatic rings. The Kier molecular flexibility index (Phi) is 11.1. The zero-order chi connectivity index (χ0) is 25.8. The molecule has 2 amide bonds. The third-order valence-electron chi connectivity index (χ3n) is 5.52. The second-order valence-electron chi connectivity index (χ2n) is 8.07. The van der Waals surface area contributed by atoms with Gasteiger partial charge in [0.15, 0.2) is 0 Å². The molecule has 0 saturated heterocycles. The first-order valence-corrected chi connectivity index (χ1v) is 13.2. The summed E-state index contributed by atoms with van der Waals surface area (Å²) in [6.45, 7) is 10.3. The van der Waals surface area contributed by atoms with Crippen molar-refractivity contribution in [2.75, 3.05) is 13.1 Å². The molecule has 0 aliphatic heterocycles. The topological polar surface area (TPSA) is 70.2 Å². The van der Waals surface area contributed by atoms with Crippen LogP contribution in [-0.2, 0) is 19.7 Å². The van der Waals surface area contributed by atoms with E-state index in [1.807, 2.05) is 62.6 Å². The molecule has 6 heteroatoms. The van der Waals surface area contributed by atoms with Crippen LogP contribution in [0.3, 0.4) is 0 Å². The zero-order valence-corrected chi connectivity index (χ0v) is 21.7. The van der Waals surface area contributed by atoms with E-state index in [0.29, 0.717) is 12.1 Å². The first-order chi connectivity index (χ1) is 16.8. The summed E-state index contributed by atoms with van der Waals surface area (Å²) in [5.74, 6) is 7.14. The van der Waals surface area contributed by atoms with E-state index in [4.69, 9.17) is 0 Å². The Balaban J connectivity index is 1.96. The molecule has 186 valence electrons. The number of hydrogen-bond acceptors (Lipinski definition) is 4. The molecule has 0 aromatic heterocycles. The largest absolute Gasteiger partial charge is 0.464 e. The minimum Gasteiger partial charge on any atom is -0.464 e. The molecule has 2 aromatic carbocycles. The third-order valence-corrected chi connectivity index (χ3v) is 6.09. The van der Waals surface area contributed by atoms with Crippen molar-refractivity contribution in [2.45, 2.75) is 33.2 Å². The van der Waals surface area contributed by atoms with E-state index in [1.165, 1.54) is 0 Å². The van der Waals surface area contributed by atoms with Gasteiger partial charge in [-0.25, -0.2) is 11.7 Å². The summed E-state index contributed by atoms with van der Waals surface area (Å²) in [6.07, 6.45) is 6.34. The summed E-state index contributed by atoms with van der Waals surface area (Å²) in [5, 5.41) is 13.1. The number of carbonyl (C=O) groups excluding carboxylic acids is 2. The van der Waals surface area contributed by atoms with Crippen LogP contribution in [0.2, 0.25) is 0 Å². The van der Waals surface area contributed by atoms with Crippen LogP contribution in [0.4, 0.5) is 0 Å². The van der Waals surface area contributed by atoms with Crippen molar-refractivity contribution < 1.29 is 9.59 Å². The maximum atomic E-state index is 13.1. The van der Waals surface area contributed by atoms with Gasteiger partial charge in [-0.15, -0.1) is 6.08 Å². The fraction of sp³-hybridized carbons (Fsp3) is 0.241. The molecule has 3 N–H and O–H groups in total. The lowest BCUT2D eigenvalue weighted by molar-refractivity contribution is -0.119. The fourth-order valence-corrected chi connectivity index (χ4v) is 4.08. The molecule has 2 rings (SSSR count). The molecule has 0 bridgehead atoms. The molecular formula is C29H36N3O2S-. The average molecular weight is 491 g/mol. The Morgan fingerprint density at radius 2 is 1.71 bits per heavy atom. The summed E-state index contributed by atoms with van der Waals surface area (Å²) >= 11 is 0. The van der Waals surface area contributed by atoms with Gasteiger partial charge in [0.25, 0.3) is 11.8 Å². The van der Waals surface area contributed by atoms with Crippen LogP contribution in [0.25, 0.3) is 10.8 Å². The molecule has 35 heavy (non-hydrogen) atoms. The van der Waals surface area contributed by atoms with Gasteiger partial charge in [0, 0.05) is 18.7 Å². The van der Waals surface area contributed by atoms with E-state index in [9.17, 15) is 9.59 Å². The average Bonchev–Trinajstić information content (AvgIpc) is 2.85. The van der Waals surface area contributed by atoms with Crippen LogP contribution in [-0.4, -0.2) is 36.6 Å². The number of allylic oxidation sites excluding steroid dienone is 2. The van der Waals surface area contributed by atoms with Crippen LogP contribution < -0.4 is 16.0 Å². The van der Waals surface area contributed by atoms with Crippen molar-refractivity contribution in [1.82, 2.24) is 16.0 Å². The van der Waals surface area contributed by atoms with Crippen molar-refractivity contribution in [1.29, 1.82) is 0 Å². The maximum absolute atomic E-state index is 13.1. The summed E-state index contributed by atoms with van der Waals surface area (Å²) in [5.41, 5.74) is 2.60. The quantitative estimate of drug-likeness (QED) is 0.135. The highest BCUT2D eigenvalue weighted by Crippen LogP contribution is 2.24. The zero-order valence-electron chi connectivity index (χ0n) is 20.9. The standard InChI is InChI=1S/C29H36N3O2S/c1-7-23(20-31-28(33)22(4)30-18-11-12-19-35(5)6)25(8-2)29(34)32-21(3)26-17-13-15-24-14-9-10-16-27(24)26/h7-10,12-17,19,21,30H,4-6,11,18,20H2,1-3H3,(H,31,33)(H,32,34)/q-1/b19-12+,23-7-,25-8+.